The summed E-state index contributed by atoms with van der Waals surface area (Å²) in [7, 11) is -3.34. The van der Waals surface area contributed by atoms with Gasteiger partial charge in [-0.05, 0) is 18.6 Å². The molecule has 3 aromatic rings. The van der Waals surface area contributed by atoms with Crippen LogP contribution in [0.1, 0.15) is 39.1 Å². The van der Waals surface area contributed by atoms with Crippen LogP contribution < -0.4 is 0 Å². The maximum absolute atomic E-state index is 12.9. The van der Waals surface area contributed by atoms with Gasteiger partial charge in [0.1, 0.15) is 15.9 Å². The first-order valence-corrected chi connectivity index (χ1v) is 10.9. The van der Waals surface area contributed by atoms with Crippen molar-refractivity contribution in [2.45, 2.75) is 12.5 Å². The van der Waals surface area contributed by atoms with Crippen molar-refractivity contribution in [1.29, 1.82) is 0 Å². The van der Waals surface area contributed by atoms with Crippen molar-refractivity contribution in [2.24, 2.45) is 0 Å². The zero-order valence-electron chi connectivity index (χ0n) is 15.5. The first-order valence-electron chi connectivity index (χ1n) is 8.89. The molecule has 4 rings (SSSR count). The van der Waals surface area contributed by atoms with E-state index in [1.54, 1.807) is 36.4 Å². The van der Waals surface area contributed by atoms with Crippen LogP contribution in [0.5, 0.6) is 0 Å². The molecule has 1 atom stereocenters. The molecular formula is C20H17N3O5S. The Morgan fingerprint density at radius 3 is 2.14 bits per heavy atom. The largest absolute Gasteiger partial charge is 0.337 e. The minimum Gasteiger partial charge on any atom is -0.337 e. The van der Waals surface area contributed by atoms with Crippen molar-refractivity contribution in [2.75, 3.05) is 12.0 Å². The number of nitrogens with zero attached hydrogens (tertiary/aromatic N) is 3. The van der Waals surface area contributed by atoms with Gasteiger partial charge in [-0.3, -0.25) is 14.5 Å². The van der Waals surface area contributed by atoms with Gasteiger partial charge < -0.3 is 4.52 Å². The monoisotopic (exact) mass is 411 g/mol. The van der Waals surface area contributed by atoms with Gasteiger partial charge in [-0.25, -0.2) is 8.42 Å². The molecule has 0 unspecified atom stereocenters. The van der Waals surface area contributed by atoms with Crippen LogP contribution in [0.25, 0.3) is 11.4 Å². The van der Waals surface area contributed by atoms with Crippen LogP contribution in [-0.2, 0) is 9.84 Å². The van der Waals surface area contributed by atoms with Gasteiger partial charge >= 0.3 is 0 Å². The molecule has 0 fully saturated rings. The minimum absolute atomic E-state index is 0.0157. The molecule has 2 aromatic carbocycles. The molecule has 0 N–H and O–H groups in total. The number of imide groups is 1. The molecule has 9 heteroatoms. The molecule has 0 saturated heterocycles. The van der Waals surface area contributed by atoms with Crippen LogP contribution in [0.15, 0.2) is 59.1 Å². The number of benzene rings is 2. The Bertz CT molecular complexity index is 1150. The Balaban J connectivity index is 1.73. The van der Waals surface area contributed by atoms with Crippen LogP contribution >= 0.6 is 0 Å². The molecule has 0 saturated carbocycles. The highest BCUT2D eigenvalue weighted by atomic mass is 32.2. The fraction of sp³-hybridized carbons (Fsp3) is 0.200. The Hall–Kier alpha value is -3.33. The summed E-state index contributed by atoms with van der Waals surface area (Å²) in [4.78, 5) is 31.1. The molecule has 1 aliphatic rings. The van der Waals surface area contributed by atoms with E-state index in [1.807, 2.05) is 18.2 Å². The highest BCUT2D eigenvalue weighted by Crippen LogP contribution is 2.33. The lowest BCUT2D eigenvalue weighted by molar-refractivity contribution is 0.0547. The first-order chi connectivity index (χ1) is 13.8. The normalized spacial score (nSPS) is 14.9. The number of rotatable bonds is 6. The summed E-state index contributed by atoms with van der Waals surface area (Å²) in [6.07, 6.45) is 1.05. The highest BCUT2D eigenvalue weighted by Gasteiger charge is 2.42. The summed E-state index contributed by atoms with van der Waals surface area (Å²) in [5.74, 6) is -0.954. The van der Waals surface area contributed by atoms with E-state index < -0.39 is 27.7 Å². The van der Waals surface area contributed by atoms with Crippen LogP contribution in [0, 0.1) is 0 Å². The van der Waals surface area contributed by atoms with Crippen LogP contribution in [0.4, 0.5) is 0 Å². The van der Waals surface area contributed by atoms with Crippen molar-refractivity contribution in [3.05, 3.63) is 71.6 Å². The van der Waals surface area contributed by atoms with Crippen molar-refractivity contribution < 1.29 is 22.5 Å². The van der Waals surface area contributed by atoms with Crippen molar-refractivity contribution in [3.8, 4) is 11.4 Å². The number of sulfone groups is 1. The zero-order valence-corrected chi connectivity index (χ0v) is 16.3. The molecule has 148 valence electrons. The number of carbonyl (C=O) groups is 2. The topological polar surface area (TPSA) is 110 Å². The first kappa shape index (κ1) is 19.0. The summed E-state index contributed by atoms with van der Waals surface area (Å²) in [5.41, 5.74) is 1.24. The summed E-state index contributed by atoms with van der Waals surface area (Å²) in [6.45, 7) is 0. The van der Waals surface area contributed by atoms with E-state index in [9.17, 15) is 18.0 Å². The zero-order chi connectivity index (χ0) is 20.6. The van der Waals surface area contributed by atoms with Gasteiger partial charge in [-0.15, -0.1) is 0 Å². The summed E-state index contributed by atoms with van der Waals surface area (Å²) >= 11 is 0. The standard InChI is InChI=1S/C20H17N3O5S/c1-29(26,27)12-11-16(18-21-17(22-28-18)13-7-3-2-4-8-13)23-19(24)14-9-5-6-10-15(14)20(23)25/h2-10,16H,11-12H2,1H3/t16-/m0/s1. The van der Waals surface area contributed by atoms with Crippen molar-refractivity contribution >= 4 is 21.7 Å². The summed E-state index contributed by atoms with van der Waals surface area (Å²) < 4.78 is 28.8. The van der Waals surface area contributed by atoms with Gasteiger partial charge in [-0.1, -0.05) is 47.6 Å². The molecule has 29 heavy (non-hydrogen) atoms. The third-order valence-electron chi connectivity index (χ3n) is 4.66. The van der Waals surface area contributed by atoms with Gasteiger partial charge in [0.2, 0.25) is 11.7 Å². The second kappa shape index (κ2) is 7.25. The average molecular weight is 411 g/mol. The number of aromatic nitrogens is 2. The SMILES string of the molecule is CS(=O)(=O)CC[C@@H](c1nc(-c2ccccc2)no1)N1C(=O)c2ccccc2C1=O. The third kappa shape index (κ3) is 3.68. The number of hydrogen-bond acceptors (Lipinski definition) is 7. The summed E-state index contributed by atoms with van der Waals surface area (Å²) in [6, 6.07) is 14.5. The van der Waals surface area contributed by atoms with Crippen LogP contribution in [0.3, 0.4) is 0 Å². The van der Waals surface area contributed by atoms with E-state index in [1.165, 1.54) is 0 Å². The molecule has 2 amide bonds. The molecule has 0 spiro atoms. The average Bonchev–Trinajstić information content (AvgIpc) is 3.28. The second-order valence-electron chi connectivity index (χ2n) is 6.78. The highest BCUT2D eigenvalue weighted by molar-refractivity contribution is 7.90. The molecule has 2 heterocycles. The summed E-state index contributed by atoms with van der Waals surface area (Å²) in [5, 5.41) is 3.94. The lowest BCUT2D eigenvalue weighted by atomic mass is 10.1. The van der Waals surface area contributed by atoms with Gasteiger partial charge in [0.25, 0.3) is 11.8 Å². The number of carbonyl (C=O) groups excluding carboxylic acids is 2. The van der Waals surface area contributed by atoms with E-state index >= 15 is 0 Å². The van der Waals surface area contributed by atoms with Gasteiger partial charge in [0.15, 0.2) is 0 Å². The Morgan fingerprint density at radius 1 is 0.966 bits per heavy atom. The molecule has 1 aliphatic heterocycles. The molecule has 1 aromatic heterocycles. The Kier molecular flexibility index (Phi) is 4.75. The minimum atomic E-state index is -3.34. The molecule has 0 aliphatic carbocycles. The van der Waals surface area contributed by atoms with Gasteiger partial charge in [0, 0.05) is 11.8 Å². The Morgan fingerprint density at radius 2 is 1.55 bits per heavy atom. The fourth-order valence-corrected chi connectivity index (χ4v) is 3.91. The number of hydrogen-bond donors (Lipinski definition) is 0. The van der Waals surface area contributed by atoms with E-state index in [2.05, 4.69) is 10.1 Å². The quantitative estimate of drug-likeness (QED) is 0.573. The predicted octanol–water partition coefficient (Wildman–Crippen LogP) is 2.51. The fourth-order valence-electron chi connectivity index (χ4n) is 3.25. The van der Waals surface area contributed by atoms with E-state index in [4.69, 9.17) is 4.52 Å². The molecule has 8 nitrogen and oxygen atoms in total. The second-order valence-corrected chi connectivity index (χ2v) is 9.04. The number of amides is 2. The van der Waals surface area contributed by atoms with Crippen LogP contribution in [0.2, 0.25) is 0 Å². The van der Waals surface area contributed by atoms with Crippen LogP contribution in [-0.4, -0.2) is 47.3 Å². The molecule has 0 bridgehead atoms. The van der Waals surface area contributed by atoms with E-state index in [-0.39, 0.29) is 29.2 Å². The number of fused-ring (bicyclic) bond motifs is 1. The molecular weight excluding hydrogens is 394 g/mol. The Labute approximate surface area is 167 Å². The van der Waals surface area contributed by atoms with Gasteiger partial charge in [-0.2, -0.15) is 4.98 Å². The van der Waals surface area contributed by atoms with E-state index in [0.717, 1.165) is 11.2 Å². The lowest BCUT2D eigenvalue weighted by Crippen LogP contribution is -2.35. The van der Waals surface area contributed by atoms with Gasteiger partial charge in [0.05, 0.1) is 16.9 Å². The maximum Gasteiger partial charge on any atom is 0.262 e. The molecule has 0 radical (unpaired) electrons. The van der Waals surface area contributed by atoms with Crippen molar-refractivity contribution in [3.63, 3.8) is 0 Å². The van der Waals surface area contributed by atoms with E-state index in [0.29, 0.717) is 11.4 Å². The third-order valence-corrected chi connectivity index (χ3v) is 5.64. The maximum atomic E-state index is 12.9. The smallest absolute Gasteiger partial charge is 0.262 e. The van der Waals surface area contributed by atoms with Crippen molar-refractivity contribution in [1.82, 2.24) is 15.0 Å². The lowest BCUT2D eigenvalue weighted by Gasteiger charge is -2.22. The predicted molar refractivity (Wildman–Crippen MR) is 104 cm³/mol.